The van der Waals surface area contributed by atoms with Gasteiger partial charge in [0.05, 0.1) is 7.11 Å². The first-order valence-electron chi connectivity index (χ1n) is 7.07. The number of pyridine rings is 1. The van der Waals surface area contributed by atoms with Gasteiger partial charge in [-0.3, -0.25) is 9.80 Å². The minimum Gasteiger partial charge on any atom is -0.481 e. The number of piperazine rings is 1. The smallest absolute Gasteiger partial charge is 0.213 e. The third-order valence-electron chi connectivity index (χ3n) is 3.91. The van der Waals surface area contributed by atoms with Crippen molar-refractivity contribution in [1.82, 2.24) is 14.8 Å². The molecule has 106 valence electrons. The van der Waals surface area contributed by atoms with E-state index in [1.54, 1.807) is 7.11 Å². The van der Waals surface area contributed by atoms with Gasteiger partial charge >= 0.3 is 0 Å². The summed E-state index contributed by atoms with van der Waals surface area (Å²) in [5.41, 5.74) is 2.38. The number of aromatic nitrogens is 1. The molecule has 1 aliphatic rings. The highest BCUT2D eigenvalue weighted by molar-refractivity contribution is 5.24. The summed E-state index contributed by atoms with van der Waals surface area (Å²) in [7, 11) is 1.66. The molecular formula is C15H25N3O. The molecule has 19 heavy (non-hydrogen) atoms. The lowest BCUT2D eigenvalue weighted by molar-refractivity contribution is 0.104. The highest BCUT2D eigenvalue weighted by Crippen LogP contribution is 2.15. The molecule has 1 aromatic heterocycles. The van der Waals surface area contributed by atoms with Gasteiger partial charge in [-0.1, -0.05) is 6.07 Å². The van der Waals surface area contributed by atoms with Gasteiger partial charge in [0, 0.05) is 50.5 Å². The van der Waals surface area contributed by atoms with E-state index in [0.29, 0.717) is 11.9 Å². The fraction of sp³-hybridized carbons (Fsp3) is 0.667. The number of ether oxygens (including phenoxy) is 1. The van der Waals surface area contributed by atoms with Crippen LogP contribution in [0.25, 0.3) is 0 Å². The zero-order valence-electron chi connectivity index (χ0n) is 12.5. The van der Waals surface area contributed by atoms with Crippen LogP contribution in [0.5, 0.6) is 5.88 Å². The van der Waals surface area contributed by atoms with E-state index in [1.165, 1.54) is 18.7 Å². The number of hydrogen-bond donors (Lipinski definition) is 0. The normalized spacial score (nSPS) is 17.9. The lowest BCUT2D eigenvalue weighted by atomic mass is 10.1. The Labute approximate surface area is 116 Å². The summed E-state index contributed by atoms with van der Waals surface area (Å²) in [4.78, 5) is 9.49. The molecule has 2 rings (SSSR count). The van der Waals surface area contributed by atoms with Crippen LogP contribution in [0, 0.1) is 6.92 Å². The molecule has 0 aliphatic carbocycles. The number of hydrogen-bond acceptors (Lipinski definition) is 4. The van der Waals surface area contributed by atoms with Crippen LogP contribution in [0.4, 0.5) is 0 Å². The van der Waals surface area contributed by atoms with Crippen LogP contribution in [-0.4, -0.2) is 54.1 Å². The Morgan fingerprint density at radius 3 is 2.42 bits per heavy atom. The first kappa shape index (κ1) is 14.3. The Morgan fingerprint density at radius 1 is 1.21 bits per heavy atom. The Balaban J connectivity index is 1.92. The van der Waals surface area contributed by atoms with Crippen LogP contribution in [0.3, 0.4) is 0 Å². The van der Waals surface area contributed by atoms with Crippen molar-refractivity contribution in [3.05, 3.63) is 23.4 Å². The fourth-order valence-corrected chi connectivity index (χ4v) is 2.53. The van der Waals surface area contributed by atoms with Crippen molar-refractivity contribution in [2.75, 3.05) is 33.3 Å². The van der Waals surface area contributed by atoms with Gasteiger partial charge in [-0.15, -0.1) is 0 Å². The van der Waals surface area contributed by atoms with Gasteiger partial charge in [-0.2, -0.15) is 0 Å². The predicted molar refractivity (Wildman–Crippen MR) is 77.5 cm³/mol. The summed E-state index contributed by atoms with van der Waals surface area (Å²) in [6, 6.07) is 4.74. The second-order valence-corrected chi connectivity index (χ2v) is 5.50. The molecule has 4 heteroatoms. The van der Waals surface area contributed by atoms with Crippen molar-refractivity contribution in [1.29, 1.82) is 0 Å². The van der Waals surface area contributed by atoms with E-state index in [4.69, 9.17) is 4.74 Å². The minimum atomic E-state index is 0.659. The Bertz CT molecular complexity index is 412. The summed E-state index contributed by atoms with van der Waals surface area (Å²) in [6.07, 6.45) is 0. The molecule has 0 N–H and O–H groups in total. The van der Waals surface area contributed by atoms with Crippen LogP contribution in [0.1, 0.15) is 25.1 Å². The van der Waals surface area contributed by atoms with Gasteiger partial charge in [0.1, 0.15) is 0 Å². The van der Waals surface area contributed by atoms with Gasteiger partial charge in [0.15, 0.2) is 0 Å². The topological polar surface area (TPSA) is 28.6 Å². The summed E-state index contributed by atoms with van der Waals surface area (Å²) < 4.78 is 5.15. The Hall–Kier alpha value is -1.13. The van der Waals surface area contributed by atoms with Gasteiger partial charge < -0.3 is 4.74 Å². The maximum absolute atomic E-state index is 5.15. The molecule has 0 spiro atoms. The van der Waals surface area contributed by atoms with Crippen LogP contribution in [0.2, 0.25) is 0 Å². The first-order valence-corrected chi connectivity index (χ1v) is 7.07. The second-order valence-electron chi connectivity index (χ2n) is 5.50. The molecule has 4 nitrogen and oxygen atoms in total. The molecule has 2 heterocycles. The molecule has 1 saturated heterocycles. The minimum absolute atomic E-state index is 0.659. The van der Waals surface area contributed by atoms with E-state index in [1.807, 2.05) is 6.07 Å². The lowest BCUT2D eigenvalue weighted by Gasteiger charge is -2.37. The standard InChI is InChI=1S/C15H25N3O/c1-12(2)18-9-7-17(8-10-18)11-14-5-6-15(19-4)16-13(14)3/h5-6,12H,7-11H2,1-4H3. The number of aryl methyl sites for hydroxylation is 1. The van der Waals surface area contributed by atoms with Gasteiger partial charge in [0.2, 0.25) is 5.88 Å². The average Bonchev–Trinajstić information content (AvgIpc) is 2.41. The third kappa shape index (κ3) is 3.67. The van der Waals surface area contributed by atoms with Crippen LogP contribution < -0.4 is 4.74 Å². The first-order chi connectivity index (χ1) is 9.10. The largest absolute Gasteiger partial charge is 0.481 e. The lowest BCUT2D eigenvalue weighted by Crippen LogP contribution is -2.48. The van der Waals surface area contributed by atoms with Gasteiger partial charge in [-0.05, 0) is 26.3 Å². The highest BCUT2D eigenvalue weighted by Gasteiger charge is 2.19. The van der Waals surface area contributed by atoms with E-state index in [9.17, 15) is 0 Å². The van der Waals surface area contributed by atoms with Crippen LogP contribution >= 0.6 is 0 Å². The van der Waals surface area contributed by atoms with Crippen molar-refractivity contribution >= 4 is 0 Å². The van der Waals surface area contributed by atoms with E-state index < -0.39 is 0 Å². The van der Waals surface area contributed by atoms with Crippen LogP contribution in [-0.2, 0) is 6.54 Å². The monoisotopic (exact) mass is 263 g/mol. The van der Waals surface area contributed by atoms with E-state index in [-0.39, 0.29) is 0 Å². The summed E-state index contributed by atoms with van der Waals surface area (Å²) in [5, 5.41) is 0. The highest BCUT2D eigenvalue weighted by atomic mass is 16.5. The molecule has 1 aromatic rings. The maximum atomic E-state index is 5.15. The SMILES string of the molecule is COc1ccc(CN2CCN(C(C)C)CC2)c(C)n1. The van der Waals surface area contributed by atoms with Gasteiger partial charge in [0.25, 0.3) is 0 Å². The predicted octanol–water partition coefficient (Wildman–Crippen LogP) is 1.92. The maximum Gasteiger partial charge on any atom is 0.213 e. The molecule has 0 aromatic carbocycles. The third-order valence-corrected chi connectivity index (χ3v) is 3.91. The molecule has 0 bridgehead atoms. The van der Waals surface area contributed by atoms with Crippen molar-refractivity contribution in [3.8, 4) is 5.88 Å². The molecule has 0 unspecified atom stereocenters. The van der Waals surface area contributed by atoms with Crippen molar-refractivity contribution in [2.45, 2.75) is 33.4 Å². The molecule has 0 atom stereocenters. The van der Waals surface area contributed by atoms with Crippen molar-refractivity contribution in [2.24, 2.45) is 0 Å². The van der Waals surface area contributed by atoms with Crippen molar-refractivity contribution in [3.63, 3.8) is 0 Å². The van der Waals surface area contributed by atoms with E-state index in [0.717, 1.165) is 25.3 Å². The number of rotatable bonds is 4. The molecule has 0 radical (unpaired) electrons. The zero-order chi connectivity index (χ0) is 13.8. The molecule has 0 amide bonds. The van der Waals surface area contributed by atoms with E-state index in [2.05, 4.69) is 41.6 Å². The van der Waals surface area contributed by atoms with Gasteiger partial charge in [-0.25, -0.2) is 4.98 Å². The number of methoxy groups -OCH3 is 1. The fourth-order valence-electron chi connectivity index (χ4n) is 2.53. The summed E-state index contributed by atoms with van der Waals surface area (Å²) >= 11 is 0. The second kappa shape index (κ2) is 6.35. The Kier molecular flexibility index (Phi) is 4.77. The average molecular weight is 263 g/mol. The molecule has 1 aliphatic heterocycles. The van der Waals surface area contributed by atoms with Crippen LogP contribution in [0.15, 0.2) is 12.1 Å². The quantitative estimate of drug-likeness (QED) is 0.830. The summed E-state index contributed by atoms with van der Waals surface area (Å²) in [5.74, 6) is 0.700. The Morgan fingerprint density at radius 2 is 1.89 bits per heavy atom. The molecular weight excluding hydrogens is 238 g/mol. The zero-order valence-corrected chi connectivity index (χ0v) is 12.5. The number of nitrogens with zero attached hydrogens (tertiary/aromatic N) is 3. The van der Waals surface area contributed by atoms with E-state index >= 15 is 0 Å². The molecule has 0 saturated carbocycles. The molecule has 1 fully saturated rings. The summed E-state index contributed by atoms with van der Waals surface area (Å²) in [6.45, 7) is 12.2. The van der Waals surface area contributed by atoms with Crippen molar-refractivity contribution < 1.29 is 4.74 Å².